The molecule has 0 saturated carbocycles. The zero-order valence-corrected chi connectivity index (χ0v) is 27.3. The third-order valence-corrected chi connectivity index (χ3v) is 7.03. The van der Waals surface area contributed by atoms with Crippen LogP contribution in [-0.4, -0.2) is 91.3 Å². The molecule has 43 heavy (non-hydrogen) atoms. The van der Waals surface area contributed by atoms with E-state index in [4.69, 9.17) is 4.74 Å². The molecule has 0 unspecified atom stereocenters. The van der Waals surface area contributed by atoms with E-state index in [0.717, 1.165) is 12.0 Å². The number of nitrogens with zero attached hydrogens (tertiary/aromatic N) is 3. The van der Waals surface area contributed by atoms with Gasteiger partial charge in [0.25, 0.3) is 0 Å². The van der Waals surface area contributed by atoms with Crippen molar-refractivity contribution < 1.29 is 63.4 Å². The Kier molecular flexibility index (Phi) is 14.5. The molecule has 0 radical (unpaired) electrons. The smallest absolute Gasteiger partial charge is 0.550 e. The maximum atomic E-state index is 13.0. The van der Waals surface area contributed by atoms with Gasteiger partial charge in [-0.3, -0.25) is 14.4 Å². The minimum absolute atomic E-state index is 0. The average molecular weight is 604 g/mol. The number of hydrogen-bond acceptors (Lipinski definition) is 7. The van der Waals surface area contributed by atoms with Gasteiger partial charge in [0, 0.05) is 57.7 Å². The number of methoxy groups -OCH3 is 1. The predicted octanol–water partition coefficient (Wildman–Crippen LogP) is -1.37. The second-order valence-electron chi connectivity index (χ2n) is 10.2. The van der Waals surface area contributed by atoms with Crippen LogP contribution in [0, 0.1) is 6.92 Å². The zero-order valence-electron chi connectivity index (χ0n) is 25.3. The van der Waals surface area contributed by atoms with E-state index in [2.05, 4.69) is 10.6 Å². The first kappa shape index (κ1) is 35.6. The van der Waals surface area contributed by atoms with E-state index in [9.17, 15) is 29.1 Å². The number of likely N-dealkylation sites (tertiary alicyclic amines) is 1. The van der Waals surface area contributed by atoms with Gasteiger partial charge in [-0.15, -0.1) is 0 Å². The second kappa shape index (κ2) is 17.5. The number of carbonyl (C=O) groups is 5. The van der Waals surface area contributed by atoms with Gasteiger partial charge in [-0.05, 0) is 49.1 Å². The average Bonchev–Trinajstić information content (AvgIpc) is 3.36. The molecular weight excluding hydrogens is 565 g/mol. The number of carboxylic acid groups (broad SMARTS) is 1. The van der Waals surface area contributed by atoms with Crippen molar-refractivity contribution in [2.24, 2.45) is 0 Å². The summed E-state index contributed by atoms with van der Waals surface area (Å²) in [5.41, 5.74) is 2.62. The van der Waals surface area contributed by atoms with E-state index < -0.39 is 17.9 Å². The molecule has 226 valence electrons. The summed E-state index contributed by atoms with van der Waals surface area (Å²) in [4.78, 5) is 65.7. The molecule has 12 nitrogen and oxygen atoms in total. The summed E-state index contributed by atoms with van der Waals surface area (Å²) in [6.45, 7) is 3.05. The molecule has 0 aliphatic carbocycles. The molecule has 1 saturated heterocycles. The fraction of sp³-hybridized carbons (Fsp3) is 0.433. The molecule has 0 atom stereocenters. The fourth-order valence-electron chi connectivity index (χ4n) is 4.62. The number of benzene rings is 2. The number of para-hydroxylation sites is 1. The number of hydrogen-bond donors (Lipinski definition) is 2. The van der Waals surface area contributed by atoms with Crippen molar-refractivity contribution in [3.05, 3.63) is 53.6 Å². The number of ether oxygens (including phenoxy) is 1. The first-order valence-corrected chi connectivity index (χ1v) is 13.9. The summed E-state index contributed by atoms with van der Waals surface area (Å²) in [6, 6.07) is 11.9. The maximum absolute atomic E-state index is 13.0. The summed E-state index contributed by atoms with van der Waals surface area (Å²) in [5.74, 6) is -1.54. The van der Waals surface area contributed by atoms with Crippen molar-refractivity contribution in [2.45, 2.75) is 39.0 Å². The van der Waals surface area contributed by atoms with Gasteiger partial charge in [0.2, 0.25) is 17.7 Å². The second-order valence-corrected chi connectivity index (χ2v) is 10.2. The van der Waals surface area contributed by atoms with E-state index in [0.29, 0.717) is 48.6 Å². The van der Waals surface area contributed by atoms with Crippen LogP contribution >= 0.6 is 0 Å². The first-order chi connectivity index (χ1) is 20.1. The molecule has 2 aromatic rings. The van der Waals surface area contributed by atoms with Crippen molar-refractivity contribution in [2.75, 3.05) is 57.5 Å². The Morgan fingerprint density at radius 3 is 2.40 bits per heavy atom. The number of rotatable bonds is 14. The van der Waals surface area contributed by atoms with Crippen molar-refractivity contribution in [3.63, 3.8) is 0 Å². The number of aryl methyl sites for hydroxylation is 1. The number of likely N-dealkylation sites (N-methyl/N-ethyl adjacent to an activating group) is 1. The summed E-state index contributed by atoms with van der Waals surface area (Å²) in [5, 5.41) is 16.5. The van der Waals surface area contributed by atoms with Crippen LogP contribution in [0.25, 0.3) is 0 Å². The van der Waals surface area contributed by atoms with Crippen molar-refractivity contribution in [1.29, 1.82) is 0 Å². The standard InChI is InChI=1S/C30H39N5O7.Na/c1-21-8-4-5-9-23(21)31-30(41)32-24-12-11-22(18-25(24)42-3)19-27(37)33(2)20-28(38)35(17-13-29(39)40)16-7-15-34-14-6-10-26(34)36;/h4-5,8-9,11-12,18H,6-7,10,13-17,19-20H2,1-3H3,(H,39,40)(H2,31,32,41);/q;+1/p-1. The third-order valence-electron chi connectivity index (χ3n) is 7.03. The number of nitrogens with one attached hydrogen (secondary N) is 2. The third kappa shape index (κ3) is 11.2. The maximum Gasteiger partial charge on any atom is 1.00 e. The summed E-state index contributed by atoms with van der Waals surface area (Å²) >= 11 is 0. The number of aliphatic carboxylic acids is 1. The van der Waals surface area contributed by atoms with Crippen LogP contribution in [0.15, 0.2) is 42.5 Å². The quantitative estimate of drug-likeness (QED) is 0.253. The Morgan fingerprint density at radius 1 is 1.02 bits per heavy atom. The minimum atomic E-state index is -1.27. The molecule has 0 bridgehead atoms. The molecule has 5 amide bonds. The van der Waals surface area contributed by atoms with Crippen LogP contribution < -0.4 is 50.0 Å². The Morgan fingerprint density at radius 2 is 1.74 bits per heavy atom. The van der Waals surface area contributed by atoms with E-state index in [1.54, 1.807) is 29.2 Å². The SMILES string of the molecule is COc1cc(CC(=O)N(C)CC(=O)N(CCCN2CCCC2=O)CCC(=O)[O-])ccc1NC(=O)Nc1ccccc1C.[Na+]. The van der Waals surface area contributed by atoms with Crippen LogP contribution in [0.4, 0.5) is 16.2 Å². The first-order valence-electron chi connectivity index (χ1n) is 13.9. The van der Waals surface area contributed by atoms with Gasteiger partial charge in [0.05, 0.1) is 25.8 Å². The molecule has 1 heterocycles. The van der Waals surface area contributed by atoms with E-state index >= 15 is 0 Å². The number of amides is 5. The molecule has 1 aliphatic heterocycles. The van der Waals surface area contributed by atoms with Crippen molar-refractivity contribution in [3.8, 4) is 5.75 Å². The number of anilines is 2. The largest absolute Gasteiger partial charge is 1.00 e. The summed E-state index contributed by atoms with van der Waals surface area (Å²) in [6.07, 6.45) is 1.49. The Hall–Kier alpha value is -3.61. The molecule has 0 aromatic heterocycles. The predicted molar refractivity (Wildman–Crippen MR) is 155 cm³/mol. The molecular formula is C30H38N5NaO7. The van der Waals surface area contributed by atoms with E-state index in [1.807, 2.05) is 25.1 Å². The van der Waals surface area contributed by atoms with Gasteiger partial charge in [-0.2, -0.15) is 0 Å². The van der Waals surface area contributed by atoms with Gasteiger partial charge in [-0.1, -0.05) is 24.3 Å². The van der Waals surface area contributed by atoms with Gasteiger partial charge >= 0.3 is 35.6 Å². The monoisotopic (exact) mass is 603 g/mol. The van der Waals surface area contributed by atoms with E-state index in [-0.39, 0.29) is 73.8 Å². The van der Waals surface area contributed by atoms with Gasteiger partial charge in [0.15, 0.2) is 0 Å². The van der Waals surface area contributed by atoms with Crippen molar-refractivity contribution >= 4 is 41.1 Å². The van der Waals surface area contributed by atoms with Gasteiger partial charge in [0.1, 0.15) is 5.75 Å². The van der Waals surface area contributed by atoms with Crippen LogP contribution in [-0.2, 0) is 25.6 Å². The molecule has 2 N–H and O–H groups in total. The molecule has 2 aromatic carbocycles. The van der Waals surface area contributed by atoms with Crippen LogP contribution in [0.2, 0.25) is 0 Å². The zero-order chi connectivity index (χ0) is 30.6. The Bertz CT molecular complexity index is 1310. The minimum Gasteiger partial charge on any atom is -0.550 e. The number of urea groups is 1. The van der Waals surface area contributed by atoms with Gasteiger partial charge < -0.3 is 40.0 Å². The normalized spacial score (nSPS) is 12.3. The molecule has 1 aliphatic rings. The number of carboxylic acids is 1. The molecule has 13 heteroatoms. The van der Waals surface area contributed by atoms with Crippen LogP contribution in [0.5, 0.6) is 5.75 Å². The van der Waals surface area contributed by atoms with E-state index in [1.165, 1.54) is 24.0 Å². The van der Waals surface area contributed by atoms with Crippen LogP contribution in [0.1, 0.15) is 36.8 Å². The van der Waals surface area contributed by atoms with Crippen molar-refractivity contribution in [1.82, 2.24) is 14.7 Å². The summed E-state index contributed by atoms with van der Waals surface area (Å²) < 4.78 is 5.42. The topological polar surface area (TPSA) is 151 Å². The van der Waals surface area contributed by atoms with Crippen LogP contribution in [0.3, 0.4) is 0 Å². The summed E-state index contributed by atoms with van der Waals surface area (Å²) in [7, 11) is 2.96. The fourth-order valence-corrected chi connectivity index (χ4v) is 4.62. The van der Waals surface area contributed by atoms with Gasteiger partial charge in [-0.25, -0.2) is 4.79 Å². The molecule has 3 rings (SSSR count). The Labute approximate surface area is 274 Å². The molecule has 0 spiro atoms. The number of carbonyl (C=O) groups excluding carboxylic acids is 5. The molecule has 1 fully saturated rings. The Balaban J connectivity index is 0.00000645.